The molecular formula is C12H17F3N2S. The van der Waals surface area contributed by atoms with E-state index in [-0.39, 0.29) is 17.5 Å². The number of nitrogen functional groups attached to an aromatic ring is 1. The van der Waals surface area contributed by atoms with Crippen LogP contribution < -0.4 is 10.6 Å². The van der Waals surface area contributed by atoms with Crippen LogP contribution in [0.3, 0.4) is 0 Å². The highest BCUT2D eigenvalue weighted by Gasteiger charge is 2.27. The van der Waals surface area contributed by atoms with Crippen molar-refractivity contribution in [2.45, 2.75) is 18.9 Å². The summed E-state index contributed by atoms with van der Waals surface area (Å²) in [6.07, 6.45) is 0.866. The van der Waals surface area contributed by atoms with Gasteiger partial charge < -0.3 is 10.6 Å². The zero-order valence-electron chi connectivity index (χ0n) is 10.2. The van der Waals surface area contributed by atoms with Gasteiger partial charge in [-0.15, -0.1) is 0 Å². The van der Waals surface area contributed by atoms with E-state index in [9.17, 15) is 13.2 Å². The highest BCUT2D eigenvalue weighted by molar-refractivity contribution is 8.00. The van der Waals surface area contributed by atoms with Crippen LogP contribution in [0.1, 0.15) is 13.3 Å². The second kappa shape index (κ2) is 6.78. The first-order chi connectivity index (χ1) is 8.44. The van der Waals surface area contributed by atoms with Crippen LogP contribution >= 0.6 is 11.8 Å². The summed E-state index contributed by atoms with van der Waals surface area (Å²) >= 11 is 0.00580. The molecular weight excluding hydrogens is 261 g/mol. The third-order valence-corrected chi connectivity index (χ3v) is 3.11. The topological polar surface area (TPSA) is 29.3 Å². The monoisotopic (exact) mass is 278 g/mol. The van der Waals surface area contributed by atoms with Crippen LogP contribution in [0.2, 0.25) is 0 Å². The van der Waals surface area contributed by atoms with Gasteiger partial charge >= 0.3 is 5.51 Å². The first-order valence-electron chi connectivity index (χ1n) is 5.74. The van der Waals surface area contributed by atoms with Crippen LogP contribution in [0.15, 0.2) is 24.3 Å². The van der Waals surface area contributed by atoms with E-state index in [2.05, 4.69) is 0 Å². The van der Waals surface area contributed by atoms with Gasteiger partial charge in [0, 0.05) is 18.8 Å². The normalized spacial score (nSPS) is 11.6. The van der Waals surface area contributed by atoms with Crippen molar-refractivity contribution in [1.82, 2.24) is 0 Å². The molecule has 0 amide bonds. The average Bonchev–Trinajstić information content (AvgIpc) is 2.27. The summed E-state index contributed by atoms with van der Waals surface area (Å²) in [6.45, 7) is 3.03. The minimum Gasteiger partial charge on any atom is -0.397 e. The molecule has 0 bridgehead atoms. The Morgan fingerprint density at radius 3 is 2.44 bits per heavy atom. The molecule has 0 aliphatic rings. The number of nitrogens with zero attached hydrogens (tertiary/aromatic N) is 1. The van der Waals surface area contributed by atoms with Gasteiger partial charge in [0.1, 0.15) is 0 Å². The number of hydrogen-bond donors (Lipinski definition) is 1. The molecule has 0 aromatic heterocycles. The first kappa shape index (κ1) is 15.0. The van der Waals surface area contributed by atoms with Gasteiger partial charge in [-0.2, -0.15) is 13.2 Å². The summed E-state index contributed by atoms with van der Waals surface area (Å²) in [4.78, 5) is 1.90. The number of nitrogens with two attached hydrogens (primary N) is 1. The van der Waals surface area contributed by atoms with Crippen molar-refractivity contribution in [2.75, 3.05) is 29.5 Å². The zero-order chi connectivity index (χ0) is 13.6. The maximum absolute atomic E-state index is 12.1. The van der Waals surface area contributed by atoms with E-state index in [4.69, 9.17) is 5.73 Å². The quantitative estimate of drug-likeness (QED) is 0.804. The van der Waals surface area contributed by atoms with Crippen molar-refractivity contribution in [3.8, 4) is 0 Å². The lowest BCUT2D eigenvalue weighted by molar-refractivity contribution is -0.0327. The largest absolute Gasteiger partial charge is 0.441 e. The Morgan fingerprint density at radius 1 is 1.22 bits per heavy atom. The van der Waals surface area contributed by atoms with E-state index in [0.717, 1.165) is 12.1 Å². The van der Waals surface area contributed by atoms with Crippen LogP contribution in [0.25, 0.3) is 0 Å². The molecule has 0 aliphatic heterocycles. The predicted octanol–water partition coefficient (Wildman–Crippen LogP) is 3.74. The Labute approximate surface area is 109 Å². The molecule has 0 spiro atoms. The molecule has 0 fully saturated rings. The maximum atomic E-state index is 12.1. The number of para-hydroxylation sites is 2. The SMILES string of the molecule is CCCN(CCSC(F)(F)F)c1ccccc1N. The van der Waals surface area contributed by atoms with Gasteiger partial charge in [-0.25, -0.2) is 0 Å². The fourth-order valence-electron chi connectivity index (χ4n) is 1.67. The molecule has 0 radical (unpaired) electrons. The number of benzene rings is 1. The Hall–Kier alpha value is -1.04. The van der Waals surface area contributed by atoms with E-state index >= 15 is 0 Å². The molecule has 1 aromatic carbocycles. The molecule has 0 saturated heterocycles. The highest BCUT2D eigenvalue weighted by atomic mass is 32.2. The fourth-order valence-corrected chi connectivity index (χ4v) is 2.21. The third-order valence-electron chi connectivity index (χ3n) is 2.40. The highest BCUT2D eigenvalue weighted by Crippen LogP contribution is 2.31. The van der Waals surface area contributed by atoms with E-state index in [1.54, 1.807) is 6.07 Å². The van der Waals surface area contributed by atoms with E-state index in [0.29, 0.717) is 18.8 Å². The summed E-state index contributed by atoms with van der Waals surface area (Å²) in [5, 5.41) is 0. The Kier molecular flexibility index (Phi) is 5.65. The minimum absolute atomic E-state index is 0.00580. The van der Waals surface area contributed by atoms with Crippen molar-refractivity contribution in [3.05, 3.63) is 24.3 Å². The van der Waals surface area contributed by atoms with Gasteiger partial charge in [-0.05, 0) is 30.3 Å². The molecule has 0 unspecified atom stereocenters. The number of thioether (sulfide) groups is 1. The molecule has 6 heteroatoms. The van der Waals surface area contributed by atoms with Crippen molar-refractivity contribution in [1.29, 1.82) is 0 Å². The Balaban J connectivity index is 2.63. The molecule has 0 atom stereocenters. The van der Waals surface area contributed by atoms with Crippen molar-refractivity contribution >= 4 is 23.1 Å². The lowest BCUT2D eigenvalue weighted by Crippen LogP contribution is -2.28. The van der Waals surface area contributed by atoms with Crippen molar-refractivity contribution < 1.29 is 13.2 Å². The fraction of sp³-hybridized carbons (Fsp3) is 0.500. The summed E-state index contributed by atoms with van der Waals surface area (Å²) < 4.78 is 36.3. The van der Waals surface area contributed by atoms with Gasteiger partial charge in [-0.1, -0.05) is 19.1 Å². The molecule has 0 heterocycles. The summed E-state index contributed by atoms with van der Waals surface area (Å²) in [5.74, 6) is 0.0117. The molecule has 2 nitrogen and oxygen atoms in total. The lowest BCUT2D eigenvalue weighted by atomic mass is 10.2. The van der Waals surface area contributed by atoms with Crippen LogP contribution in [0, 0.1) is 0 Å². The number of halogens is 3. The van der Waals surface area contributed by atoms with Gasteiger partial charge in [0.15, 0.2) is 0 Å². The smallest absolute Gasteiger partial charge is 0.397 e. The Bertz CT molecular complexity index is 369. The van der Waals surface area contributed by atoms with E-state index in [1.807, 2.05) is 30.0 Å². The molecule has 0 aliphatic carbocycles. The second-order valence-corrected chi connectivity index (χ2v) is 5.00. The van der Waals surface area contributed by atoms with Gasteiger partial charge in [-0.3, -0.25) is 0 Å². The standard InChI is InChI=1S/C12H17F3N2S/c1-2-7-17(8-9-18-12(13,14)15)11-6-4-3-5-10(11)16/h3-6H,2,7-9,16H2,1H3. The minimum atomic E-state index is -4.17. The molecule has 102 valence electrons. The van der Waals surface area contributed by atoms with Crippen molar-refractivity contribution in [2.24, 2.45) is 0 Å². The molecule has 18 heavy (non-hydrogen) atoms. The zero-order valence-corrected chi connectivity index (χ0v) is 11.0. The molecule has 2 N–H and O–H groups in total. The molecule has 1 rings (SSSR count). The molecule has 1 aromatic rings. The maximum Gasteiger partial charge on any atom is 0.441 e. The van der Waals surface area contributed by atoms with Crippen LogP contribution in [-0.2, 0) is 0 Å². The second-order valence-electron chi connectivity index (χ2n) is 3.84. The third kappa shape index (κ3) is 5.08. The number of alkyl halides is 3. The molecule has 0 saturated carbocycles. The summed E-state index contributed by atoms with van der Waals surface area (Å²) in [6, 6.07) is 7.25. The summed E-state index contributed by atoms with van der Waals surface area (Å²) in [5.41, 5.74) is 3.08. The van der Waals surface area contributed by atoms with Gasteiger partial charge in [0.25, 0.3) is 0 Å². The van der Waals surface area contributed by atoms with Crippen molar-refractivity contribution in [3.63, 3.8) is 0 Å². The summed E-state index contributed by atoms with van der Waals surface area (Å²) in [7, 11) is 0. The van der Waals surface area contributed by atoms with E-state index < -0.39 is 5.51 Å². The van der Waals surface area contributed by atoms with E-state index in [1.165, 1.54) is 0 Å². The number of hydrogen-bond acceptors (Lipinski definition) is 3. The number of rotatable bonds is 6. The van der Waals surface area contributed by atoms with Crippen LogP contribution in [0.4, 0.5) is 24.5 Å². The van der Waals surface area contributed by atoms with Gasteiger partial charge in [0.05, 0.1) is 11.4 Å². The van der Waals surface area contributed by atoms with Gasteiger partial charge in [0.2, 0.25) is 0 Å². The Morgan fingerprint density at radius 2 is 1.89 bits per heavy atom. The number of anilines is 2. The first-order valence-corrected chi connectivity index (χ1v) is 6.72. The predicted molar refractivity (Wildman–Crippen MR) is 71.9 cm³/mol. The average molecular weight is 278 g/mol. The van der Waals surface area contributed by atoms with Crippen LogP contribution in [-0.4, -0.2) is 24.4 Å². The van der Waals surface area contributed by atoms with Crippen LogP contribution in [0.5, 0.6) is 0 Å². The lowest BCUT2D eigenvalue weighted by Gasteiger charge is -2.25.